The number of ketones is 1. The number of H-pyrrole nitrogens is 1. The maximum absolute atomic E-state index is 12.3. The molecule has 0 saturated heterocycles. The predicted molar refractivity (Wildman–Crippen MR) is 88.9 cm³/mol. The van der Waals surface area contributed by atoms with E-state index < -0.39 is 0 Å². The van der Waals surface area contributed by atoms with Crippen molar-refractivity contribution in [2.45, 2.75) is 26.9 Å². The molecule has 0 aliphatic heterocycles. The first kappa shape index (κ1) is 15.6. The molecule has 0 bridgehead atoms. The minimum absolute atomic E-state index is 0.0404. The molecule has 0 saturated carbocycles. The molecule has 3 heterocycles. The van der Waals surface area contributed by atoms with E-state index in [9.17, 15) is 9.59 Å². The van der Waals surface area contributed by atoms with Crippen molar-refractivity contribution in [3.8, 4) is 0 Å². The highest BCUT2D eigenvalue weighted by atomic mass is 32.1. The van der Waals surface area contributed by atoms with Crippen LogP contribution in [-0.2, 0) is 13.1 Å². The van der Waals surface area contributed by atoms with Crippen LogP contribution in [-0.4, -0.2) is 27.7 Å². The number of aromatic amines is 1. The lowest BCUT2D eigenvalue weighted by molar-refractivity contribution is 0.102. The number of fused-ring (bicyclic) bond motifs is 1. The Bertz CT molecular complexity index is 909. The third-order valence-corrected chi connectivity index (χ3v) is 4.88. The van der Waals surface area contributed by atoms with Crippen LogP contribution in [0, 0.1) is 6.92 Å². The maximum Gasteiger partial charge on any atom is 0.259 e. The summed E-state index contributed by atoms with van der Waals surface area (Å²) in [4.78, 5) is 34.5. The van der Waals surface area contributed by atoms with Gasteiger partial charge in [0.25, 0.3) is 5.56 Å². The molecule has 0 unspecified atom stereocenters. The predicted octanol–water partition coefficient (Wildman–Crippen LogP) is 2.72. The van der Waals surface area contributed by atoms with Gasteiger partial charge >= 0.3 is 0 Å². The normalized spacial score (nSPS) is 11.5. The monoisotopic (exact) mass is 331 g/mol. The highest BCUT2D eigenvalue weighted by molar-refractivity contribution is 7.20. The maximum atomic E-state index is 12.3. The molecule has 6 nitrogen and oxygen atoms in total. The summed E-state index contributed by atoms with van der Waals surface area (Å²) in [5.41, 5.74) is 0.513. The number of nitrogens with zero attached hydrogens (tertiary/aromatic N) is 2. The smallest absolute Gasteiger partial charge is 0.259 e. The molecule has 7 heteroatoms. The van der Waals surface area contributed by atoms with Gasteiger partial charge in [-0.05, 0) is 38.6 Å². The van der Waals surface area contributed by atoms with Crippen LogP contribution in [0.5, 0.6) is 0 Å². The standard InChI is InChI=1S/C16H17N3O3S/c1-9-13-15(21)17-12(18-16(13)23-14(9)10(2)20)8-19(3)7-11-5-4-6-22-11/h4-6H,7-8H2,1-3H3,(H,17,18,21). The summed E-state index contributed by atoms with van der Waals surface area (Å²) in [6.07, 6.45) is 1.63. The molecule has 0 aliphatic rings. The van der Waals surface area contributed by atoms with Gasteiger partial charge in [-0.3, -0.25) is 14.5 Å². The van der Waals surface area contributed by atoms with Crippen LogP contribution in [0.25, 0.3) is 10.2 Å². The van der Waals surface area contributed by atoms with Gasteiger partial charge in [-0.1, -0.05) is 0 Å². The molecule has 23 heavy (non-hydrogen) atoms. The van der Waals surface area contributed by atoms with Crippen LogP contribution >= 0.6 is 11.3 Å². The number of carbonyl (C=O) groups excluding carboxylic acids is 1. The Kier molecular flexibility index (Phi) is 4.14. The van der Waals surface area contributed by atoms with Gasteiger partial charge in [-0.2, -0.15) is 0 Å². The van der Waals surface area contributed by atoms with Gasteiger partial charge in [0.2, 0.25) is 0 Å². The van der Waals surface area contributed by atoms with E-state index in [-0.39, 0.29) is 11.3 Å². The molecule has 120 valence electrons. The zero-order valence-electron chi connectivity index (χ0n) is 13.2. The molecular formula is C16H17N3O3S. The molecule has 0 radical (unpaired) electrons. The number of carbonyl (C=O) groups is 1. The first-order chi connectivity index (χ1) is 11.0. The molecule has 0 aliphatic carbocycles. The number of hydrogen-bond acceptors (Lipinski definition) is 6. The van der Waals surface area contributed by atoms with Crippen molar-refractivity contribution in [3.05, 3.63) is 50.8 Å². The fourth-order valence-corrected chi connectivity index (χ4v) is 3.68. The summed E-state index contributed by atoms with van der Waals surface area (Å²) in [5.74, 6) is 1.39. The highest BCUT2D eigenvalue weighted by Gasteiger charge is 2.17. The molecule has 3 rings (SSSR count). The first-order valence-electron chi connectivity index (χ1n) is 7.20. The number of aryl methyl sites for hydroxylation is 1. The van der Waals surface area contributed by atoms with Gasteiger partial charge in [0, 0.05) is 0 Å². The zero-order chi connectivity index (χ0) is 16.6. The number of thiophene rings is 1. The number of aromatic nitrogens is 2. The second-order valence-electron chi connectivity index (χ2n) is 5.56. The number of nitrogens with one attached hydrogen (secondary N) is 1. The number of Topliss-reactive ketones (excluding diaryl/α,β-unsaturated/α-hetero) is 1. The lowest BCUT2D eigenvalue weighted by Gasteiger charge is -2.14. The van der Waals surface area contributed by atoms with E-state index in [4.69, 9.17) is 4.42 Å². The third kappa shape index (κ3) is 3.11. The van der Waals surface area contributed by atoms with Crippen molar-refractivity contribution < 1.29 is 9.21 Å². The average molecular weight is 331 g/mol. The van der Waals surface area contributed by atoms with Crippen molar-refractivity contribution in [3.63, 3.8) is 0 Å². The first-order valence-corrected chi connectivity index (χ1v) is 8.01. The summed E-state index contributed by atoms with van der Waals surface area (Å²) in [5, 5.41) is 0.512. The Morgan fingerprint density at radius 1 is 1.43 bits per heavy atom. The molecule has 0 fully saturated rings. The van der Waals surface area contributed by atoms with Gasteiger partial charge in [-0.25, -0.2) is 4.98 Å². The van der Waals surface area contributed by atoms with Crippen molar-refractivity contribution >= 4 is 27.3 Å². The minimum Gasteiger partial charge on any atom is -0.468 e. The molecule has 0 amide bonds. The topological polar surface area (TPSA) is 79.2 Å². The third-order valence-electron chi connectivity index (χ3n) is 3.59. The number of hydrogen-bond donors (Lipinski definition) is 1. The second-order valence-corrected chi connectivity index (χ2v) is 6.56. The van der Waals surface area contributed by atoms with Crippen LogP contribution in [0.4, 0.5) is 0 Å². The second kappa shape index (κ2) is 6.10. The minimum atomic E-state index is -0.197. The van der Waals surface area contributed by atoms with Crippen molar-refractivity contribution in [1.82, 2.24) is 14.9 Å². The van der Waals surface area contributed by atoms with Gasteiger partial charge in [0.05, 0.1) is 29.6 Å². The van der Waals surface area contributed by atoms with E-state index >= 15 is 0 Å². The number of rotatable bonds is 5. The van der Waals surface area contributed by atoms with E-state index in [0.29, 0.717) is 39.6 Å². The van der Waals surface area contributed by atoms with Gasteiger partial charge in [-0.15, -0.1) is 11.3 Å². The Morgan fingerprint density at radius 3 is 2.87 bits per heavy atom. The van der Waals surface area contributed by atoms with Crippen LogP contribution in [0.1, 0.15) is 33.7 Å². The van der Waals surface area contributed by atoms with Crippen LogP contribution < -0.4 is 5.56 Å². The Morgan fingerprint density at radius 2 is 2.22 bits per heavy atom. The summed E-state index contributed by atoms with van der Waals surface area (Å²) < 4.78 is 5.31. The molecule has 3 aromatic heterocycles. The quantitative estimate of drug-likeness (QED) is 0.727. The highest BCUT2D eigenvalue weighted by Crippen LogP contribution is 2.27. The van der Waals surface area contributed by atoms with E-state index in [1.54, 1.807) is 13.2 Å². The Labute approximate surface area is 136 Å². The molecular weight excluding hydrogens is 314 g/mol. The van der Waals surface area contributed by atoms with Crippen molar-refractivity contribution in [2.75, 3.05) is 7.05 Å². The lowest BCUT2D eigenvalue weighted by atomic mass is 10.2. The van der Waals surface area contributed by atoms with E-state index in [2.05, 4.69) is 9.97 Å². The van der Waals surface area contributed by atoms with Gasteiger partial charge in [0.1, 0.15) is 16.4 Å². The average Bonchev–Trinajstić information content (AvgIpc) is 3.06. The van der Waals surface area contributed by atoms with Crippen LogP contribution in [0.15, 0.2) is 27.6 Å². The summed E-state index contributed by atoms with van der Waals surface area (Å²) >= 11 is 1.28. The van der Waals surface area contributed by atoms with Gasteiger partial charge < -0.3 is 9.40 Å². The van der Waals surface area contributed by atoms with Crippen molar-refractivity contribution in [1.29, 1.82) is 0 Å². The molecule has 0 aromatic carbocycles. The van der Waals surface area contributed by atoms with E-state index in [0.717, 1.165) is 5.76 Å². The molecule has 3 aromatic rings. The van der Waals surface area contributed by atoms with E-state index in [1.807, 2.05) is 24.1 Å². The fourth-order valence-electron chi connectivity index (χ4n) is 2.58. The SMILES string of the molecule is CC(=O)c1sc2nc(CN(C)Cc3ccco3)[nH]c(=O)c2c1C. The molecule has 0 spiro atoms. The van der Waals surface area contributed by atoms with Crippen LogP contribution in [0.2, 0.25) is 0 Å². The van der Waals surface area contributed by atoms with Crippen molar-refractivity contribution in [2.24, 2.45) is 0 Å². The van der Waals surface area contributed by atoms with Gasteiger partial charge in [0.15, 0.2) is 5.78 Å². The lowest BCUT2D eigenvalue weighted by Crippen LogP contribution is -2.21. The summed E-state index contributed by atoms with van der Waals surface area (Å²) in [7, 11) is 1.92. The summed E-state index contributed by atoms with van der Waals surface area (Å²) in [6.45, 7) is 4.40. The Hall–Kier alpha value is -2.25. The zero-order valence-corrected chi connectivity index (χ0v) is 14.0. The summed E-state index contributed by atoms with van der Waals surface area (Å²) in [6, 6.07) is 3.74. The largest absolute Gasteiger partial charge is 0.468 e. The van der Waals surface area contributed by atoms with Crippen LogP contribution in [0.3, 0.4) is 0 Å². The Balaban J connectivity index is 1.90. The fraction of sp³-hybridized carbons (Fsp3) is 0.312. The number of furan rings is 1. The molecule has 0 atom stereocenters. The molecule has 1 N–H and O–H groups in total. The van der Waals surface area contributed by atoms with E-state index in [1.165, 1.54) is 18.3 Å².